The van der Waals surface area contributed by atoms with E-state index in [-0.39, 0.29) is 17.1 Å². The van der Waals surface area contributed by atoms with Crippen molar-refractivity contribution in [2.24, 2.45) is 5.92 Å². The average Bonchev–Trinajstić information content (AvgIpc) is 2.45. The van der Waals surface area contributed by atoms with Crippen molar-refractivity contribution in [2.45, 2.75) is 65.6 Å². The highest BCUT2D eigenvalue weighted by molar-refractivity contribution is 6.30. The van der Waals surface area contributed by atoms with Crippen LogP contribution in [0.4, 0.5) is 9.18 Å². The van der Waals surface area contributed by atoms with Crippen LogP contribution in [-0.2, 0) is 4.74 Å². The van der Waals surface area contributed by atoms with Crippen LogP contribution in [0.1, 0.15) is 59.6 Å². The van der Waals surface area contributed by atoms with Crippen LogP contribution in [-0.4, -0.2) is 24.3 Å². The number of carbonyl (C=O) groups excluding carboxylic acids is 1. The Hall–Kier alpha value is -1.33. The summed E-state index contributed by atoms with van der Waals surface area (Å²) in [6, 6.07) is 4.77. The molecule has 0 aliphatic carbocycles. The molecule has 1 aromatic carbocycles. The van der Waals surface area contributed by atoms with E-state index < -0.39 is 17.5 Å². The second-order valence-corrected chi connectivity index (χ2v) is 8.18. The number of hydrogen-bond acceptors (Lipinski definition) is 3. The van der Waals surface area contributed by atoms with E-state index in [1.54, 1.807) is 12.1 Å². The second kappa shape index (κ2) is 9.39. The van der Waals surface area contributed by atoms with Crippen molar-refractivity contribution in [1.82, 2.24) is 10.6 Å². The Balaban J connectivity index is 2.68. The van der Waals surface area contributed by atoms with Crippen LogP contribution in [0.2, 0.25) is 5.02 Å². The number of alkyl carbamates (subject to hydrolysis) is 1. The number of hydrogen-bond donors (Lipinski definition) is 2. The van der Waals surface area contributed by atoms with Crippen molar-refractivity contribution in [3.05, 3.63) is 34.6 Å². The van der Waals surface area contributed by atoms with Crippen LogP contribution in [0.5, 0.6) is 0 Å². The van der Waals surface area contributed by atoms with Gasteiger partial charge in [-0.15, -0.1) is 0 Å². The summed E-state index contributed by atoms with van der Waals surface area (Å²) in [5, 5.41) is 6.36. The molecule has 6 heteroatoms. The first-order chi connectivity index (χ1) is 11.5. The summed E-state index contributed by atoms with van der Waals surface area (Å²) in [5.41, 5.74) is 0.284. The smallest absolute Gasteiger partial charge is 0.407 e. The highest BCUT2D eigenvalue weighted by atomic mass is 35.5. The van der Waals surface area contributed by atoms with E-state index in [0.717, 1.165) is 12.0 Å². The first-order valence-electron chi connectivity index (χ1n) is 8.65. The highest BCUT2D eigenvalue weighted by Crippen LogP contribution is 2.21. The molecule has 0 radical (unpaired) electrons. The van der Waals surface area contributed by atoms with Crippen LogP contribution in [0.3, 0.4) is 0 Å². The van der Waals surface area contributed by atoms with Crippen LogP contribution < -0.4 is 10.6 Å². The number of halogens is 2. The lowest BCUT2D eigenvalue weighted by Gasteiger charge is -2.26. The Bertz CT molecular complexity index is 573. The molecule has 2 atom stereocenters. The van der Waals surface area contributed by atoms with Gasteiger partial charge >= 0.3 is 6.09 Å². The lowest BCUT2D eigenvalue weighted by atomic mass is 10.0. The van der Waals surface area contributed by atoms with Gasteiger partial charge in [-0.1, -0.05) is 31.5 Å². The van der Waals surface area contributed by atoms with E-state index in [1.807, 2.05) is 27.7 Å². The van der Waals surface area contributed by atoms with Crippen molar-refractivity contribution in [2.75, 3.05) is 6.54 Å². The van der Waals surface area contributed by atoms with Gasteiger partial charge in [0.2, 0.25) is 0 Å². The standard InChI is InChI=1S/C19H30ClFN2O2/c1-12(2)9-15(11-22-18(24)25-19(4,5)6)23-13(3)14-7-8-16(20)17(21)10-14/h7-8,10,12-13,15,23H,9,11H2,1-6H3,(H,22,24). The Kier molecular flexibility index (Phi) is 8.16. The van der Waals surface area contributed by atoms with Crippen LogP contribution in [0.15, 0.2) is 18.2 Å². The Morgan fingerprint density at radius 3 is 2.44 bits per heavy atom. The number of nitrogens with one attached hydrogen (secondary N) is 2. The predicted molar refractivity (Wildman–Crippen MR) is 100 cm³/mol. The molecule has 0 saturated heterocycles. The fraction of sp³-hybridized carbons (Fsp3) is 0.632. The van der Waals surface area contributed by atoms with Crippen LogP contribution >= 0.6 is 11.6 Å². The minimum Gasteiger partial charge on any atom is -0.444 e. The molecule has 0 saturated carbocycles. The molecule has 1 rings (SSSR count). The number of carbonyl (C=O) groups is 1. The third kappa shape index (κ3) is 8.54. The molecule has 0 aliphatic heterocycles. The van der Waals surface area contributed by atoms with E-state index in [2.05, 4.69) is 24.5 Å². The maximum absolute atomic E-state index is 13.7. The molecule has 2 N–H and O–H groups in total. The van der Waals surface area contributed by atoms with Gasteiger partial charge in [0, 0.05) is 18.6 Å². The summed E-state index contributed by atoms with van der Waals surface area (Å²) in [4.78, 5) is 11.9. The van der Waals surface area contributed by atoms with Crippen molar-refractivity contribution in [1.29, 1.82) is 0 Å². The van der Waals surface area contributed by atoms with Crippen LogP contribution in [0.25, 0.3) is 0 Å². The summed E-state index contributed by atoms with van der Waals surface area (Å²) in [6.07, 6.45) is 0.434. The van der Waals surface area contributed by atoms with E-state index in [0.29, 0.717) is 12.5 Å². The molecular formula is C19H30ClFN2O2. The van der Waals surface area contributed by atoms with Gasteiger partial charge < -0.3 is 15.4 Å². The second-order valence-electron chi connectivity index (χ2n) is 7.77. The minimum atomic E-state index is -0.529. The van der Waals surface area contributed by atoms with Gasteiger partial charge in [0.1, 0.15) is 11.4 Å². The van der Waals surface area contributed by atoms with Gasteiger partial charge in [0.15, 0.2) is 0 Å². The largest absolute Gasteiger partial charge is 0.444 e. The highest BCUT2D eigenvalue weighted by Gasteiger charge is 2.20. The zero-order chi connectivity index (χ0) is 19.2. The molecule has 25 heavy (non-hydrogen) atoms. The number of amides is 1. The average molecular weight is 373 g/mol. The predicted octanol–water partition coefficient (Wildman–Crippen LogP) is 5.07. The Morgan fingerprint density at radius 1 is 1.28 bits per heavy atom. The van der Waals surface area contributed by atoms with Crippen molar-refractivity contribution in [3.63, 3.8) is 0 Å². The lowest BCUT2D eigenvalue weighted by Crippen LogP contribution is -2.44. The molecule has 2 unspecified atom stereocenters. The summed E-state index contributed by atoms with van der Waals surface area (Å²) in [6.45, 7) is 12.1. The van der Waals surface area contributed by atoms with Crippen LogP contribution in [0, 0.1) is 11.7 Å². The number of benzene rings is 1. The fourth-order valence-corrected chi connectivity index (χ4v) is 2.65. The first kappa shape index (κ1) is 21.7. The molecule has 0 fully saturated rings. The maximum Gasteiger partial charge on any atom is 0.407 e. The summed E-state index contributed by atoms with van der Waals surface area (Å²) >= 11 is 5.74. The summed E-state index contributed by atoms with van der Waals surface area (Å²) in [7, 11) is 0. The molecule has 0 spiro atoms. The monoisotopic (exact) mass is 372 g/mol. The SMILES string of the molecule is CC(C)CC(CNC(=O)OC(C)(C)C)NC(C)c1ccc(Cl)c(F)c1. The summed E-state index contributed by atoms with van der Waals surface area (Å²) < 4.78 is 18.9. The fourth-order valence-electron chi connectivity index (χ4n) is 2.53. The molecule has 1 amide bonds. The Morgan fingerprint density at radius 2 is 1.92 bits per heavy atom. The molecule has 0 aromatic heterocycles. The topological polar surface area (TPSA) is 50.4 Å². The molecular weight excluding hydrogens is 343 g/mol. The quantitative estimate of drug-likeness (QED) is 0.702. The van der Waals surface area contributed by atoms with E-state index >= 15 is 0 Å². The molecule has 0 aliphatic rings. The normalized spacial score (nSPS) is 14.3. The molecule has 1 aromatic rings. The number of rotatable bonds is 7. The third-order valence-corrected chi connectivity index (χ3v) is 3.88. The van der Waals surface area contributed by atoms with E-state index in [1.165, 1.54) is 6.07 Å². The molecule has 4 nitrogen and oxygen atoms in total. The number of ether oxygens (including phenoxy) is 1. The van der Waals surface area contributed by atoms with Gasteiger partial charge in [-0.2, -0.15) is 0 Å². The van der Waals surface area contributed by atoms with Gasteiger partial charge in [-0.3, -0.25) is 0 Å². The van der Waals surface area contributed by atoms with Gasteiger partial charge in [0.25, 0.3) is 0 Å². The van der Waals surface area contributed by atoms with Gasteiger partial charge in [0.05, 0.1) is 5.02 Å². The summed E-state index contributed by atoms with van der Waals surface area (Å²) in [5.74, 6) is 0.0206. The van der Waals surface area contributed by atoms with Crippen molar-refractivity contribution in [3.8, 4) is 0 Å². The van der Waals surface area contributed by atoms with E-state index in [9.17, 15) is 9.18 Å². The van der Waals surface area contributed by atoms with Crippen molar-refractivity contribution < 1.29 is 13.9 Å². The third-order valence-electron chi connectivity index (χ3n) is 3.58. The lowest BCUT2D eigenvalue weighted by molar-refractivity contribution is 0.0520. The van der Waals surface area contributed by atoms with E-state index in [4.69, 9.17) is 16.3 Å². The minimum absolute atomic E-state index is 0.0428. The Labute approximate surface area is 155 Å². The maximum atomic E-state index is 13.7. The zero-order valence-corrected chi connectivity index (χ0v) is 16.7. The van der Waals surface area contributed by atoms with Gasteiger partial charge in [-0.05, 0) is 57.7 Å². The molecule has 0 bridgehead atoms. The first-order valence-corrected chi connectivity index (χ1v) is 9.03. The van der Waals surface area contributed by atoms with Crippen molar-refractivity contribution >= 4 is 17.7 Å². The molecule has 0 heterocycles. The van der Waals surface area contributed by atoms with Gasteiger partial charge in [-0.25, -0.2) is 9.18 Å². The zero-order valence-electron chi connectivity index (χ0n) is 16.0. The molecule has 142 valence electrons.